The van der Waals surface area contributed by atoms with Crippen LogP contribution < -0.4 is 11.5 Å². The number of likely N-dealkylation sites (tertiary alicyclic amines) is 1. The molecule has 102 valence electrons. The van der Waals surface area contributed by atoms with Gasteiger partial charge in [0.15, 0.2) is 0 Å². The van der Waals surface area contributed by atoms with E-state index in [4.69, 9.17) is 23.1 Å². The maximum absolute atomic E-state index is 12.5. The number of amides is 2. The Morgan fingerprint density at radius 3 is 2.74 bits per heavy atom. The predicted octanol–water partition coefficient (Wildman–Crippen LogP) is 1.40. The highest BCUT2D eigenvalue weighted by Crippen LogP contribution is 2.24. The molecule has 0 bridgehead atoms. The molecule has 0 spiro atoms. The third-order valence-corrected chi connectivity index (χ3v) is 3.57. The van der Waals surface area contributed by atoms with Crippen molar-refractivity contribution in [3.05, 3.63) is 28.8 Å². The summed E-state index contributed by atoms with van der Waals surface area (Å²) in [6, 6.07) is 4.17. The van der Waals surface area contributed by atoms with Crippen LogP contribution in [0.4, 0.5) is 5.69 Å². The van der Waals surface area contributed by atoms with Crippen LogP contribution in [0.25, 0.3) is 0 Å². The number of carbonyl (C=O) groups excluding carboxylic acids is 2. The Hall–Kier alpha value is -1.75. The van der Waals surface area contributed by atoms with Crippen LogP contribution in [-0.4, -0.2) is 29.3 Å². The maximum Gasteiger partial charge on any atom is 0.256 e. The van der Waals surface area contributed by atoms with Crippen LogP contribution >= 0.6 is 11.6 Å². The molecular weight excluding hydrogens is 266 g/mol. The molecular formula is C13H16ClN3O2. The van der Waals surface area contributed by atoms with Gasteiger partial charge in [-0.2, -0.15) is 0 Å². The number of benzene rings is 1. The summed E-state index contributed by atoms with van der Waals surface area (Å²) >= 11 is 5.88. The van der Waals surface area contributed by atoms with E-state index in [2.05, 4.69) is 0 Å². The highest BCUT2D eigenvalue weighted by Gasteiger charge is 2.31. The first kappa shape index (κ1) is 13.7. The van der Waals surface area contributed by atoms with Crippen molar-refractivity contribution in [1.82, 2.24) is 4.90 Å². The summed E-state index contributed by atoms with van der Waals surface area (Å²) in [5.74, 6) is -0.767. The molecule has 2 rings (SSSR count). The molecule has 1 aromatic carbocycles. The van der Waals surface area contributed by atoms with E-state index in [1.807, 2.05) is 0 Å². The van der Waals surface area contributed by atoms with Crippen molar-refractivity contribution in [2.24, 2.45) is 5.73 Å². The first-order chi connectivity index (χ1) is 9.00. The van der Waals surface area contributed by atoms with Crippen LogP contribution in [-0.2, 0) is 4.79 Å². The second-order valence-corrected chi connectivity index (χ2v) is 5.08. The number of primary amides is 1. The summed E-state index contributed by atoms with van der Waals surface area (Å²) in [6.45, 7) is 0.512. The topological polar surface area (TPSA) is 89.4 Å². The SMILES string of the molecule is NC(=O)C1CCCCN1C(=O)c1cc(Cl)ccc1N. The average Bonchev–Trinajstić information content (AvgIpc) is 2.40. The summed E-state index contributed by atoms with van der Waals surface area (Å²) < 4.78 is 0. The van der Waals surface area contributed by atoms with Crippen LogP contribution in [0, 0.1) is 0 Å². The molecule has 1 atom stereocenters. The van der Waals surface area contributed by atoms with E-state index in [1.54, 1.807) is 12.1 Å². The van der Waals surface area contributed by atoms with Crippen LogP contribution in [0.15, 0.2) is 18.2 Å². The van der Waals surface area contributed by atoms with Crippen LogP contribution in [0.2, 0.25) is 5.02 Å². The largest absolute Gasteiger partial charge is 0.398 e. The summed E-state index contributed by atoms with van der Waals surface area (Å²) in [4.78, 5) is 25.4. The normalized spacial score (nSPS) is 19.2. The van der Waals surface area contributed by atoms with E-state index in [-0.39, 0.29) is 5.91 Å². The molecule has 4 N–H and O–H groups in total. The summed E-state index contributed by atoms with van der Waals surface area (Å²) in [6.07, 6.45) is 2.35. The molecule has 0 aliphatic carbocycles. The van der Waals surface area contributed by atoms with Gasteiger partial charge in [-0.3, -0.25) is 9.59 Å². The maximum atomic E-state index is 12.5. The lowest BCUT2D eigenvalue weighted by atomic mass is 10.00. The molecule has 0 radical (unpaired) electrons. The number of nitrogen functional groups attached to an aromatic ring is 1. The molecule has 2 amide bonds. The molecule has 1 unspecified atom stereocenters. The van der Waals surface area contributed by atoms with Crippen molar-refractivity contribution < 1.29 is 9.59 Å². The van der Waals surface area contributed by atoms with Gasteiger partial charge in [-0.1, -0.05) is 11.6 Å². The Balaban J connectivity index is 2.31. The Labute approximate surface area is 116 Å². The zero-order chi connectivity index (χ0) is 14.0. The quantitative estimate of drug-likeness (QED) is 0.803. The lowest BCUT2D eigenvalue weighted by molar-refractivity contribution is -0.123. The van der Waals surface area contributed by atoms with Crippen molar-refractivity contribution in [2.75, 3.05) is 12.3 Å². The zero-order valence-electron chi connectivity index (χ0n) is 10.4. The van der Waals surface area contributed by atoms with Gasteiger partial charge in [0.25, 0.3) is 5.91 Å². The second-order valence-electron chi connectivity index (χ2n) is 4.64. The van der Waals surface area contributed by atoms with Gasteiger partial charge in [-0.25, -0.2) is 0 Å². The number of anilines is 1. The molecule has 1 aromatic rings. The minimum atomic E-state index is -0.556. The number of rotatable bonds is 2. The fraction of sp³-hybridized carbons (Fsp3) is 0.385. The molecule has 6 heteroatoms. The van der Waals surface area contributed by atoms with Crippen molar-refractivity contribution in [3.63, 3.8) is 0 Å². The molecule has 1 fully saturated rings. The van der Waals surface area contributed by atoms with E-state index in [9.17, 15) is 9.59 Å². The van der Waals surface area contributed by atoms with Crippen molar-refractivity contribution >= 4 is 29.1 Å². The van der Waals surface area contributed by atoms with Gasteiger partial charge < -0.3 is 16.4 Å². The van der Waals surface area contributed by atoms with E-state index >= 15 is 0 Å². The lowest BCUT2D eigenvalue weighted by Gasteiger charge is -2.34. The summed E-state index contributed by atoms with van der Waals surface area (Å²) in [7, 11) is 0. The highest BCUT2D eigenvalue weighted by molar-refractivity contribution is 6.31. The van der Waals surface area contributed by atoms with Crippen LogP contribution in [0.5, 0.6) is 0 Å². The Morgan fingerprint density at radius 1 is 1.32 bits per heavy atom. The predicted molar refractivity (Wildman–Crippen MR) is 73.7 cm³/mol. The van der Waals surface area contributed by atoms with E-state index < -0.39 is 11.9 Å². The van der Waals surface area contributed by atoms with Gasteiger partial charge in [0.2, 0.25) is 5.91 Å². The van der Waals surface area contributed by atoms with E-state index in [0.29, 0.717) is 29.2 Å². The third kappa shape index (κ3) is 2.81. The average molecular weight is 282 g/mol. The molecule has 1 heterocycles. The van der Waals surface area contributed by atoms with E-state index in [1.165, 1.54) is 11.0 Å². The van der Waals surface area contributed by atoms with Crippen LogP contribution in [0.3, 0.4) is 0 Å². The smallest absolute Gasteiger partial charge is 0.256 e. The monoisotopic (exact) mass is 281 g/mol. The van der Waals surface area contributed by atoms with Crippen molar-refractivity contribution in [2.45, 2.75) is 25.3 Å². The van der Waals surface area contributed by atoms with Gasteiger partial charge in [-0.05, 0) is 37.5 Å². The fourth-order valence-corrected chi connectivity index (χ4v) is 2.51. The van der Waals surface area contributed by atoms with Crippen molar-refractivity contribution in [3.8, 4) is 0 Å². The number of nitrogens with zero attached hydrogens (tertiary/aromatic N) is 1. The molecule has 1 aliphatic rings. The molecule has 0 aromatic heterocycles. The Bertz CT molecular complexity index is 519. The number of halogens is 1. The first-order valence-corrected chi connectivity index (χ1v) is 6.54. The van der Waals surface area contributed by atoms with Gasteiger partial charge >= 0.3 is 0 Å². The number of nitrogens with two attached hydrogens (primary N) is 2. The van der Waals surface area contributed by atoms with Gasteiger partial charge in [0, 0.05) is 17.3 Å². The summed E-state index contributed by atoms with van der Waals surface area (Å²) in [5, 5.41) is 0.435. The van der Waals surface area contributed by atoms with Gasteiger partial charge in [0.05, 0.1) is 5.56 Å². The minimum Gasteiger partial charge on any atom is -0.398 e. The number of carbonyl (C=O) groups is 2. The first-order valence-electron chi connectivity index (χ1n) is 6.16. The van der Waals surface area contributed by atoms with Gasteiger partial charge in [0.1, 0.15) is 6.04 Å². The van der Waals surface area contributed by atoms with Crippen LogP contribution in [0.1, 0.15) is 29.6 Å². The fourth-order valence-electron chi connectivity index (χ4n) is 2.34. The Morgan fingerprint density at radius 2 is 2.05 bits per heavy atom. The molecule has 1 saturated heterocycles. The molecule has 1 aliphatic heterocycles. The zero-order valence-corrected chi connectivity index (χ0v) is 11.2. The number of hydrogen-bond acceptors (Lipinski definition) is 3. The number of piperidine rings is 1. The highest BCUT2D eigenvalue weighted by atomic mass is 35.5. The van der Waals surface area contributed by atoms with Crippen molar-refractivity contribution in [1.29, 1.82) is 0 Å². The minimum absolute atomic E-state index is 0.288. The summed E-state index contributed by atoms with van der Waals surface area (Å²) in [5.41, 5.74) is 11.8. The second kappa shape index (κ2) is 5.48. The Kier molecular flexibility index (Phi) is 3.95. The molecule has 0 saturated carbocycles. The van der Waals surface area contributed by atoms with E-state index in [0.717, 1.165) is 12.8 Å². The third-order valence-electron chi connectivity index (χ3n) is 3.34. The number of hydrogen-bond donors (Lipinski definition) is 2. The standard InChI is InChI=1S/C13H16ClN3O2/c14-8-4-5-10(15)9(7-8)13(19)17-6-2-1-3-11(17)12(16)18/h4-5,7,11H,1-3,6,15H2,(H2,16,18). The molecule has 19 heavy (non-hydrogen) atoms. The lowest BCUT2D eigenvalue weighted by Crippen LogP contribution is -2.50. The molecule has 5 nitrogen and oxygen atoms in total. The van der Waals surface area contributed by atoms with Gasteiger partial charge in [-0.15, -0.1) is 0 Å².